The van der Waals surface area contributed by atoms with Gasteiger partial charge in [0.15, 0.2) is 0 Å². The van der Waals surface area contributed by atoms with Gasteiger partial charge >= 0.3 is 0 Å². The van der Waals surface area contributed by atoms with Crippen molar-refractivity contribution in [3.05, 3.63) is 52.7 Å². The topological polar surface area (TPSA) is 40.5 Å². The maximum absolute atomic E-state index is 13.8. The summed E-state index contributed by atoms with van der Waals surface area (Å²) in [6.07, 6.45) is 3.79. The van der Waals surface area contributed by atoms with Crippen LogP contribution in [0, 0.1) is 5.82 Å². The van der Waals surface area contributed by atoms with Crippen molar-refractivity contribution in [1.82, 2.24) is 4.57 Å². The lowest BCUT2D eigenvalue weighted by Crippen LogP contribution is -2.16. The summed E-state index contributed by atoms with van der Waals surface area (Å²) in [4.78, 5) is 11.4. The third kappa shape index (κ3) is 3.36. The van der Waals surface area contributed by atoms with Crippen LogP contribution < -0.4 is 10.3 Å². The molecular weight excluding hydrogens is 285 g/mol. The Morgan fingerprint density at radius 3 is 2.91 bits per heavy atom. The van der Waals surface area contributed by atoms with Crippen LogP contribution in [0.4, 0.5) is 4.39 Å². The number of ether oxygens (including phenoxy) is 2. The fourth-order valence-corrected chi connectivity index (χ4v) is 2.54. The van der Waals surface area contributed by atoms with Crippen molar-refractivity contribution in [2.75, 3.05) is 13.2 Å². The van der Waals surface area contributed by atoms with Crippen LogP contribution in [0.25, 0.3) is 11.1 Å². The zero-order chi connectivity index (χ0) is 15.5. The molecule has 0 N–H and O–H groups in total. The predicted octanol–water partition coefficient (Wildman–Crippen LogP) is 2.75. The molecule has 3 rings (SSSR count). The highest BCUT2D eigenvalue weighted by Crippen LogP contribution is 2.25. The largest absolute Gasteiger partial charge is 0.491 e. The molecule has 0 saturated carbocycles. The average Bonchev–Trinajstić information content (AvgIpc) is 3.01. The fourth-order valence-electron chi connectivity index (χ4n) is 2.54. The van der Waals surface area contributed by atoms with Crippen molar-refractivity contribution in [2.45, 2.75) is 18.9 Å². The van der Waals surface area contributed by atoms with Gasteiger partial charge in [-0.1, -0.05) is 0 Å². The molecule has 1 aliphatic rings. The van der Waals surface area contributed by atoms with Gasteiger partial charge in [-0.3, -0.25) is 4.79 Å². The van der Waals surface area contributed by atoms with Gasteiger partial charge in [0.05, 0.1) is 6.10 Å². The van der Waals surface area contributed by atoms with E-state index >= 15 is 0 Å². The molecule has 116 valence electrons. The number of hydrogen-bond acceptors (Lipinski definition) is 3. The number of hydrogen-bond donors (Lipinski definition) is 0. The van der Waals surface area contributed by atoms with Crippen LogP contribution in [0.1, 0.15) is 12.8 Å². The van der Waals surface area contributed by atoms with E-state index in [1.807, 2.05) is 0 Å². The first-order chi connectivity index (χ1) is 10.6. The molecule has 22 heavy (non-hydrogen) atoms. The van der Waals surface area contributed by atoms with E-state index in [-0.39, 0.29) is 17.5 Å². The second-order valence-electron chi connectivity index (χ2n) is 5.49. The molecule has 1 fully saturated rings. The smallest absolute Gasteiger partial charge is 0.250 e. The van der Waals surface area contributed by atoms with Gasteiger partial charge < -0.3 is 14.0 Å². The third-order valence-corrected chi connectivity index (χ3v) is 3.75. The van der Waals surface area contributed by atoms with E-state index in [0.717, 1.165) is 25.0 Å². The minimum atomic E-state index is -0.367. The number of pyridine rings is 1. The number of aromatic nitrogens is 1. The Labute approximate surface area is 128 Å². The summed E-state index contributed by atoms with van der Waals surface area (Å²) in [5, 5.41) is 0. The normalized spacial score (nSPS) is 17.6. The third-order valence-electron chi connectivity index (χ3n) is 3.75. The lowest BCUT2D eigenvalue weighted by molar-refractivity contribution is 0.0678. The SMILES string of the molecule is Cn1cc(-c2cc(F)cc(OCC3CCCO3)c2)ccc1=O. The number of rotatable bonds is 4. The van der Waals surface area contributed by atoms with E-state index < -0.39 is 0 Å². The first-order valence-electron chi connectivity index (χ1n) is 7.34. The molecule has 5 heteroatoms. The maximum atomic E-state index is 13.8. The Bertz CT molecular complexity index is 720. The molecular formula is C17H18FNO3. The summed E-state index contributed by atoms with van der Waals surface area (Å²) >= 11 is 0. The Balaban J connectivity index is 1.82. The quantitative estimate of drug-likeness (QED) is 0.872. The Morgan fingerprint density at radius 2 is 2.18 bits per heavy atom. The van der Waals surface area contributed by atoms with Crippen molar-refractivity contribution in [3.63, 3.8) is 0 Å². The van der Waals surface area contributed by atoms with Gasteiger partial charge in [0.25, 0.3) is 0 Å². The molecule has 1 aliphatic heterocycles. The van der Waals surface area contributed by atoms with Crippen molar-refractivity contribution < 1.29 is 13.9 Å². The van der Waals surface area contributed by atoms with Crippen molar-refractivity contribution in [2.24, 2.45) is 7.05 Å². The van der Waals surface area contributed by atoms with Gasteiger partial charge in [0, 0.05) is 32.0 Å². The minimum Gasteiger partial charge on any atom is -0.491 e. The zero-order valence-corrected chi connectivity index (χ0v) is 12.4. The lowest BCUT2D eigenvalue weighted by atomic mass is 10.1. The van der Waals surface area contributed by atoms with E-state index in [1.54, 1.807) is 25.4 Å². The van der Waals surface area contributed by atoms with Gasteiger partial charge in [-0.05, 0) is 42.2 Å². The molecule has 1 aromatic heterocycles. The predicted molar refractivity (Wildman–Crippen MR) is 81.5 cm³/mol. The van der Waals surface area contributed by atoms with Crippen LogP contribution in [0.3, 0.4) is 0 Å². The van der Waals surface area contributed by atoms with E-state index in [9.17, 15) is 9.18 Å². The highest BCUT2D eigenvalue weighted by molar-refractivity contribution is 5.64. The fraction of sp³-hybridized carbons (Fsp3) is 0.353. The molecule has 0 amide bonds. The molecule has 1 aromatic carbocycles. The molecule has 0 radical (unpaired) electrons. The molecule has 1 unspecified atom stereocenters. The first kappa shape index (κ1) is 14.8. The van der Waals surface area contributed by atoms with Crippen LogP contribution in [0.5, 0.6) is 5.75 Å². The van der Waals surface area contributed by atoms with Crippen LogP contribution in [-0.4, -0.2) is 23.9 Å². The second-order valence-corrected chi connectivity index (χ2v) is 5.49. The standard InChI is InChI=1S/C17H18FNO3/c1-19-10-12(4-5-17(19)20)13-7-14(18)9-16(8-13)22-11-15-3-2-6-21-15/h4-5,7-10,15H,2-3,6,11H2,1H3. The second kappa shape index (κ2) is 6.32. The molecule has 2 aromatic rings. The Kier molecular flexibility index (Phi) is 4.24. The molecule has 2 heterocycles. The van der Waals surface area contributed by atoms with Gasteiger partial charge in [0.1, 0.15) is 18.2 Å². The lowest BCUT2D eigenvalue weighted by Gasteiger charge is -2.13. The van der Waals surface area contributed by atoms with Gasteiger partial charge in [-0.25, -0.2) is 4.39 Å². The summed E-state index contributed by atoms with van der Waals surface area (Å²) in [6.45, 7) is 1.19. The van der Waals surface area contributed by atoms with Crippen molar-refractivity contribution >= 4 is 0 Å². The summed E-state index contributed by atoms with van der Waals surface area (Å²) in [7, 11) is 1.67. The highest BCUT2D eigenvalue weighted by Gasteiger charge is 2.16. The van der Waals surface area contributed by atoms with Crippen molar-refractivity contribution in [1.29, 1.82) is 0 Å². The van der Waals surface area contributed by atoms with Crippen LogP contribution >= 0.6 is 0 Å². The van der Waals surface area contributed by atoms with Gasteiger partial charge in [-0.2, -0.15) is 0 Å². The van der Waals surface area contributed by atoms with Crippen LogP contribution in [0.15, 0.2) is 41.3 Å². The van der Waals surface area contributed by atoms with Gasteiger partial charge in [0.2, 0.25) is 5.56 Å². The van der Waals surface area contributed by atoms with E-state index in [4.69, 9.17) is 9.47 Å². The molecule has 0 aliphatic carbocycles. The summed E-state index contributed by atoms with van der Waals surface area (Å²) in [5.74, 6) is 0.105. The van der Waals surface area contributed by atoms with E-state index in [1.165, 1.54) is 22.8 Å². The van der Waals surface area contributed by atoms with E-state index in [2.05, 4.69) is 0 Å². The minimum absolute atomic E-state index is 0.0873. The van der Waals surface area contributed by atoms with E-state index in [0.29, 0.717) is 17.9 Å². The number of halogens is 1. The Hall–Kier alpha value is -2.14. The molecule has 0 spiro atoms. The Morgan fingerprint density at radius 1 is 1.32 bits per heavy atom. The summed E-state index contributed by atoms with van der Waals surface area (Å²) in [6, 6.07) is 7.71. The zero-order valence-electron chi connectivity index (χ0n) is 12.4. The summed E-state index contributed by atoms with van der Waals surface area (Å²) < 4.78 is 26.4. The van der Waals surface area contributed by atoms with Crippen LogP contribution in [0.2, 0.25) is 0 Å². The maximum Gasteiger partial charge on any atom is 0.250 e. The number of benzene rings is 1. The highest BCUT2D eigenvalue weighted by atomic mass is 19.1. The molecule has 4 nitrogen and oxygen atoms in total. The summed E-state index contributed by atoms with van der Waals surface area (Å²) in [5.41, 5.74) is 1.34. The van der Waals surface area contributed by atoms with Gasteiger partial charge in [-0.15, -0.1) is 0 Å². The average molecular weight is 303 g/mol. The number of nitrogens with zero attached hydrogens (tertiary/aromatic N) is 1. The molecule has 1 saturated heterocycles. The number of aryl methyl sites for hydroxylation is 1. The first-order valence-corrected chi connectivity index (χ1v) is 7.34. The molecule has 1 atom stereocenters. The molecule has 0 bridgehead atoms. The monoisotopic (exact) mass is 303 g/mol. The van der Waals surface area contributed by atoms with Crippen LogP contribution in [-0.2, 0) is 11.8 Å². The van der Waals surface area contributed by atoms with Crippen molar-refractivity contribution in [3.8, 4) is 16.9 Å².